The molecule has 0 atom stereocenters. The molecule has 0 unspecified atom stereocenters. The van der Waals surface area contributed by atoms with Crippen molar-refractivity contribution in [2.45, 2.75) is 0 Å². The Bertz CT molecular complexity index is 1290. The number of rotatable bonds is 6. The Morgan fingerprint density at radius 3 is 2.35 bits per heavy atom. The summed E-state index contributed by atoms with van der Waals surface area (Å²) in [5.41, 5.74) is 2.37. The van der Waals surface area contributed by atoms with Gasteiger partial charge >= 0.3 is 5.97 Å². The molecule has 0 spiro atoms. The van der Waals surface area contributed by atoms with E-state index in [1.807, 2.05) is 54.6 Å². The van der Waals surface area contributed by atoms with Gasteiger partial charge in [-0.05, 0) is 65.0 Å². The number of aliphatic carboxylic acids is 1. The van der Waals surface area contributed by atoms with Gasteiger partial charge in [0.2, 0.25) is 0 Å². The van der Waals surface area contributed by atoms with Crippen LogP contribution in [0.1, 0.15) is 5.56 Å². The molecule has 0 aliphatic heterocycles. The van der Waals surface area contributed by atoms with Crippen molar-refractivity contribution in [3.63, 3.8) is 0 Å². The second-order valence-corrected chi connectivity index (χ2v) is 7.39. The summed E-state index contributed by atoms with van der Waals surface area (Å²) in [6.45, 7) is 3.59. The minimum Gasteiger partial charge on any atom is -0.497 e. The highest BCUT2D eigenvalue weighted by molar-refractivity contribution is 6.30. The number of ether oxygens (including phenoxy) is 2. The number of carboxylic acid groups (broad SMARTS) is 1. The van der Waals surface area contributed by atoms with Crippen LogP contribution in [0.3, 0.4) is 0 Å². The van der Waals surface area contributed by atoms with E-state index in [1.165, 1.54) is 0 Å². The lowest BCUT2D eigenvalue weighted by atomic mass is 9.99. The van der Waals surface area contributed by atoms with E-state index in [0.29, 0.717) is 22.1 Å². The molecule has 0 aromatic heterocycles. The number of benzene rings is 4. The normalized spacial score (nSPS) is 10.6. The molecular formula is C26H19ClO4. The summed E-state index contributed by atoms with van der Waals surface area (Å²) < 4.78 is 11.7. The minimum atomic E-state index is -1.06. The van der Waals surface area contributed by atoms with Gasteiger partial charge in [0.1, 0.15) is 17.2 Å². The number of hydrogen-bond acceptors (Lipinski definition) is 3. The van der Waals surface area contributed by atoms with Crippen LogP contribution in [0.4, 0.5) is 0 Å². The quantitative estimate of drug-likeness (QED) is 0.333. The predicted octanol–water partition coefficient (Wildman–Crippen LogP) is 7.06. The lowest BCUT2D eigenvalue weighted by Gasteiger charge is -2.16. The molecule has 4 aromatic rings. The third-order valence-corrected chi connectivity index (χ3v) is 5.23. The van der Waals surface area contributed by atoms with Crippen molar-refractivity contribution in [3.05, 3.63) is 96.0 Å². The van der Waals surface area contributed by atoms with Gasteiger partial charge in [0.25, 0.3) is 0 Å². The smallest absolute Gasteiger partial charge is 0.335 e. The molecule has 31 heavy (non-hydrogen) atoms. The van der Waals surface area contributed by atoms with Crippen LogP contribution < -0.4 is 9.47 Å². The summed E-state index contributed by atoms with van der Waals surface area (Å²) in [6.07, 6.45) is 0. The number of carbonyl (C=O) groups is 1. The third-order valence-electron chi connectivity index (χ3n) is 4.99. The van der Waals surface area contributed by atoms with Crippen LogP contribution >= 0.6 is 11.6 Å². The Hall–Kier alpha value is -3.76. The van der Waals surface area contributed by atoms with Gasteiger partial charge in [-0.25, -0.2) is 4.79 Å². The Balaban J connectivity index is 1.83. The first kappa shape index (κ1) is 20.5. The van der Waals surface area contributed by atoms with Crippen molar-refractivity contribution >= 4 is 33.9 Å². The van der Waals surface area contributed by atoms with Crippen molar-refractivity contribution < 1.29 is 19.4 Å². The first-order valence-corrected chi connectivity index (χ1v) is 9.91. The second kappa shape index (κ2) is 8.54. The van der Waals surface area contributed by atoms with E-state index in [1.54, 1.807) is 31.4 Å². The standard InChI is InChI=1S/C26H19ClO4/c1-16(26(28)29)17-6-9-21(10-7-17)31-25-23(18-4-3-5-20(27)14-18)12-8-19-15-22(30-2)11-13-24(19)25/h3-15H,1H2,2H3,(H,28,29). The van der Waals surface area contributed by atoms with Gasteiger partial charge < -0.3 is 14.6 Å². The van der Waals surface area contributed by atoms with Crippen LogP contribution in [0, 0.1) is 0 Å². The van der Waals surface area contributed by atoms with Crippen LogP contribution in [0.15, 0.2) is 85.4 Å². The highest BCUT2D eigenvalue weighted by Crippen LogP contribution is 2.41. The van der Waals surface area contributed by atoms with Crippen molar-refractivity contribution in [3.8, 4) is 28.4 Å². The van der Waals surface area contributed by atoms with Crippen LogP contribution in [-0.4, -0.2) is 18.2 Å². The first-order chi connectivity index (χ1) is 15.0. The largest absolute Gasteiger partial charge is 0.497 e. The summed E-state index contributed by atoms with van der Waals surface area (Å²) in [4.78, 5) is 11.2. The first-order valence-electron chi connectivity index (χ1n) is 9.53. The fourth-order valence-corrected chi connectivity index (χ4v) is 3.56. The number of hydrogen-bond donors (Lipinski definition) is 1. The van der Waals surface area contributed by atoms with E-state index in [-0.39, 0.29) is 5.57 Å². The van der Waals surface area contributed by atoms with E-state index >= 15 is 0 Å². The van der Waals surface area contributed by atoms with Crippen molar-refractivity contribution in [2.24, 2.45) is 0 Å². The average Bonchev–Trinajstić information content (AvgIpc) is 2.78. The van der Waals surface area contributed by atoms with E-state index in [2.05, 4.69) is 6.58 Å². The molecule has 4 aromatic carbocycles. The van der Waals surface area contributed by atoms with Crippen molar-refractivity contribution in [2.75, 3.05) is 7.11 Å². The average molecular weight is 431 g/mol. The van der Waals surface area contributed by atoms with Gasteiger partial charge in [0.15, 0.2) is 0 Å². The number of halogens is 1. The van der Waals surface area contributed by atoms with E-state index in [9.17, 15) is 4.79 Å². The fourth-order valence-electron chi connectivity index (χ4n) is 3.37. The molecule has 0 fully saturated rings. The minimum absolute atomic E-state index is 0.0309. The molecule has 0 aliphatic carbocycles. The third kappa shape index (κ3) is 4.25. The number of fused-ring (bicyclic) bond motifs is 1. The highest BCUT2D eigenvalue weighted by atomic mass is 35.5. The second-order valence-electron chi connectivity index (χ2n) is 6.95. The molecule has 154 valence electrons. The van der Waals surface area contributed by atoms with Gasteiger partial charge in [-0.3, -0.25) is 0 Å². The number of methoxy groups -OCH3 is 1. The molecule has 4 rings (SSSR count). The van der Waals surface area contributed by atoms with Gasteiger partial charge in [0, 0.05) is 16.0 Å². The summed E-state index contributed by atoms with van der Waals surface area (Å²) >= 11 is 6.22. The lowest BCUT2D eigenvalue weighted by Crippen LogP contribution is -1.97. The number of carboxylic acids is 1. The van der Waals surface area contributed by atoms with Crippen LogP contribution in [0.5, 0.6) is 17.2 Å². The van der Waals surface area contributed by atoms with E-state index < -0.39 is 5.97 Å². The zero-order chi connectivity index (χ0) is 22.0. The summed E-state index contributed by atoms with van der Waals surface area (Å²) in [5, 5.41) is 11.7. The zero-order valence-corrected chi connectivity index (χ0v) is 17.5. The van der Waals surface area contributed by atoms with Gasteiger partial charge in [-0.1, -0.05) is 48.5 Å². The van der Waals surface area contributed by atoms with E-state index in [4.69, 9.17) is 26.2 Å². The molecule has 0 heterocycles. The molecular weight excluding hydrogens is 412 g/mol. The molecule has 0 radical (unpaired) electrons. The van der Waals surface area contributed by atoms with E-state index in [0.717, 1.165) is 27.6 Å². The van der Waals surface area contributed by atoms with Crippen LogP contribution in [0.25, 0.3) is 27.5 Å². The molecule has 1 N–H and O–H groups in total. The monoisotopic (exact) mass is 430 g/mol. The Morgan fingerprint density at radius 1 is 0.935 bits per heavy atom. The molecule has 0 saturated carbocycles. The lowest BCUT2D eigenvalue weighted by molar-refractivity contribution is -0.130. The Morgan fingerprint density at radius 2 is 1.68 bits per heavy atom. The maximum atomic E-state index is 11.2. The van der Waals surface area contributed by atoms with Crippen LogP contribution in [0.2, 0.25) is 5.02 Å². The Labute approximate surface area is 184 Å². The Kier molecular flexibility index (Phi) is 5.65. The summed E-state index contributed by atoms with van der Waals surface area (Å²) in [6, 6.07) is 24.2. The molecule has 0 amide bonds. The van der Waals surface area contributed by atoms with Gasteiger partial charge in [-0.15, -0.1) is 0 Å². The molecule has 4 nitrogen and oxygen atoms in total. The summed E-state index contributed by atoms with van der Waals surface area (Å²) in [7, 11) is 1.63. The zero-order valence-electron chi connectivity index (χ0n) is 16.8. The maximum Gasteiger partial charge on any atom is 0.335 e. The highest BCUT2D eigenvalue weighted by Gasteiger charge is 2.14. The van der Waals surface area contributed by atoms with Crippen molar-refractivity contribution in [1.29, 1.82) is 0 Å². The maximum absolute atomic E-state index is 11.2. The van der Waals surface area contributed by atoms with Gasteiger partial charge in [0.05, 0.1) is 12.7 Å². The summed E-state index contributed by atoms with van der Waals surface area (Å²) in [5.74, 6) is 0.950. The van der Waals surface area contributed by atoms with Crippen LogP contribution in [-0.2, 0) is 4.79 Å². The molecule has 0 saturated heterocycles. The molecule has 0 aliphatic rings. The van der Waals surface area contributed by atoms with Crippen molar-refractivity contribution in [1.82, 2.24) is 0 Å². The molecule has 5 heteroatoms. The topological polar surface area (TPSA) is 55.8 Å². The van der Waals surface area contributed by atoms with Gasteiger partial charge in [-0.2, -0.15) is 0 Å². The SMILES string of the molecule is C=C(C(=O)O)c1ccc(Oc2c(-c3cccc(Cl)c3)ccc3cc(OC)ccc23)cc1. The predicted molar refractivity (Wildman–Crippen MR) is 124 cm³/mol. The molecule has 0 bridgehead atoms. The fraction of sp³-hybridized carbons (Fsp3) is 0.0385.